The van der Waals surface area contributed by atoms with Crippen molar-refractivity contribution < 1.29 is 17.6 Å². The fourth-order valence-corrected chi connectivity index (χ4v) is 3.39. The number of nitrogens with zero attached hydrogens (tertiary/aromatic N) is 4. The highest BCUT2D eigenvalue weighted by atomic mass is 32.1. The summed E-state index contributed by atoms with van der Waals surface area (Å²) < 4.78 is 53.1. The smallest absolute Gasteiger partial charge is 0.327 e. The number of thiophene rings is 1. The van der Waals surface area contributed by atoms with Crippen molar-refractivity contribution in [1.29, 1.82) is 0 Å². The molecule has 3 aromatic heterocycles. The van der Waals surface area contributed by atoms with E-state index in [1.165, 1.54) is 28.3 Å². The van der Waals surface area contributed by atoms with Crippen molar-refractivity contribution in [2.24, 2.45) is 5.73 Å². The molecule has 28 heavy (non-hydrogen) atoms. The molecule has 0 aromatic carbocycles. The number of aromatic nitrogens is 4. The van der Waals surface area contributed by atoms with Crippen LogP contribution in [0.3, 0.4) is 0 Å². The minimum absolute atomic E-state index is 0.0363. The van der Waals surface area contributed by atoms with Crippen LogP contribution in [0.25, 0.3) is 11.1 Å². The summed E-state index contributed by atoms with van der Waals surface area (Å²) in [6.07, 6.45) is -1.68. The van der Waals surface area contributed by atoms with Crippen molar-refractivity contribution in [3.63, 3.8) is 0 Å². The van der Waals surface area contributed by atoms with E-state index in [9.17, 15) is 22.4 Å². The molecule has 6 nitrogen and oxygen atoms in total. The van der Waals surface area contributed by atoms with E-state index in [0.717, 1.165) is 22.5 Å². The molecule has 2 N–H and O–H groups in total. The summed E-state index contributed by atoms with van der Waals surface area (Å²) in [5, 5.41) is 7.51. The van der Waals surface area contributed by atoms with E-state index in [1.54, 1.807) is 10.8 Å². The fraction of sp³-hybridized carbons (Fsp3) is 0.235. The molecule has 148 valence electrons. The van der Waals surface area contributed by atoms with Gasteiger partial charge in [-0.25, -0.2) is 13.9 Å². The largest absolute Gasteiger partial charge is 0.433 e. The van der Waals surface area contributed by atoms with Gasteiger partial charge in [-0.3, -0.25) is 9.55 Å². The van der Waals surface area contributed by atoms with Gasteiger partial charge in [-0.1, -0.05) is 6.07 Å². The Morgan fingerprint density at radius 1 is 1.29 bits per heavy atom. The number of alkyl halides is 3. The summed E-state index contributed by atoms with van der Waals surface area (Å²) in [7, 11) is 0. The van der Waals surface area contributed by atoms with Crippen LogP contribution in [0.15, 0.2) is 52.1 Å². The summed E-state index contributed by atoms with van der Waals surface area (Å²) >= 11 is 1.35. The lowest BCUT2D eigenvalue weighted by molar-refractivity contribution is -0.141. The molecule has 0 fully saturated rings. The zero-order valence-electron chi connectivity index (χ0n) is 14.4. The van der Waals surface area contributed by atoms with Gasteiger partial charge in [0.2, 0.25) is 0 Å². The van der Waals surface area contributed by atoms with Gasteiger partial charge < -0.3 is 5.73 Å². The molecule has 0 aliphatic carbocycles. The Hall–Kier alpha value is -2.79. The first kappa shape index (κ1) is 20.0. The number of hydrogen-bond donors (Lipinski definition) is 1. The Morgan fingerprint density at radius 2 is 2.07 bits per heavy atom. The highest BCUT2D eigenvalue weighted by Crippen LogP contribution is 2.31. The molecule has 3 heterocycles. The minimum atomic E-state index is -4.51. The SMILES string of the molecule is NC/C(=C\F)Cn1ncn(Cc2cscc2-c2ccc(C(F)(F)F)nc2)c1=O. The lowest BCUT2D eigenvalue weighted by Gasteiger charge is -2.08. The molecule has 0 aliphatic rings. The highest BCUT2D eigenvalue weighted by molar-refractivity contribution is 7.08. The summed E-state index contributed by atoms with van der Waals surface area (Å²) in [5.41, 5.74) is 6.11. The Kier molecular flexibility index (Phi) is 5.75. The zero-order valence-corrected chi connectivity index (χ0v) is 15.2. The molecule has 0 amide bonds. The maximum Gasteiger partial charge on any atom is 0.433 e. The van der Waals surface area contributed by atoms with Gasteiger partial charge in [-0.05, 0) is 33.5 Å². The van der Waals surface area contributed by atoms with Gasteiger partial charge in [0.1, 0.15) is 12.0 Å². The van der Waals surface area contributed by atoms with Gasteiger partial charge in [0.05, 0.1) is 19.4 Å². The highest BCUT2D eigenvalue weighted by Gasteiger charge is 2.32. The molecule has 0 saturated carbocycles. The maximum atomic E-state index is 12.7. The summed E-state index contributed by atoms with van der Waals surface area (Å²) in [5.74, 6) is 0. The second kappa shape index (κ2) is 8.07. The van der Waals surface area contributed by atoms with Crippen LogP contribution >= 0.6 is 11.3 Å². The van der Waals surface area contributed by atoms with Gasteiger partial charge in [-0.15, -0.1) is 0 Å². The van der Waals surface area contributed by atoms with Gasteiger partial charge in [-0.2, -0.15) is 29.6 Å². The quantitative estimate of drug-likeness (QED) is 0.630. The lowest BCUT2D eigenvalue weighted by Crippen LogP contribution is -2.27. The van der Waals surface area contributed by atoms with Crippen LogP contribution in [0.5, 0.6) is 0 Å². The number of hydrogen-bond acceptors (Lipinski definition) is 5. The molecular weight excluding hydrogens is 398 g/mol. The van der Waals surface area contributed by atoms with Crippen LogP contribution in [-0.2, 0) is 19.3 Å². The number of pyridine rings is 1. The zero-order chi connectivity index (χ0) is 20.3. The molecule has 0 unspecified atom stereocenters. The Bertz CT molecular complexity index is 1030. The number of rotatable bonds is 6. The first-order chi connectivity index (χ1) is 13.3. The second-order valence-corrected chi connectivity index (χ2v) is 6.65. The molecule has 0 saturated heterocycles. The van der Waals surface area contributed by atoms with Crippen molar-refractivity contribution in [2.75, 3.05) is 6.54 Å². The third-order valence-electron chi connectivity index (χ3n) is 4.01. The summed E-state index contributed by atoms with van der Waals surface area (Å²) in [4.78, 5) is 15.9. The van der Waals surface area contributed by atoms with Gasteiger partial charge in [0.25, 0.3) is 0 Å². The van der Waals surface area contributed by atoms with Gasteiger partial charge in [0, 0.05) is 18.3 Å². The average Bonchev–Trinajstić information content (AvgIpc) is 3.27. The Morgan fingerprint density at radius 3 is 2.68 bits per heavy atom. The van der Waals surface area contributed by atoms with Crippen molar-refractivity contribution in [3.05, 3.63) is 69.1 Å². The summed E-state index contributed by atoms with van der Waals surface area (Å²) in [6.45, 7) is 0.0690. The third-order valence-corrected chi connectivity index (χ3v) is 4.81. The van der Waals surface area contributed by atoms with Crippen LogP contribution in [-0.4, -0.2) is 25.9 Å². The topological polar surface area (TPSA) is 78.7 Å². The predicted octanol–water partition coefficient (Wildman–Crippen LogP) is 3.05. The monoisotopic (exact) mass is 413 g/mol. The average molecular weight is 413 g/mol. The lowest BCUT2D eigenvalue weighted by atomic mass is 10.1. The second-order valence-electron chi connectivity index (χ2n) is 5.91. The van der Waals surface area contributed by atoms with Crippen molar-refractivity contribution in [1.82, 2.24) is 19.3 Å². The standard InChI is InChI=1S/C17H15F4N5OS/c18-3-11(4-22)6-26-16(27)25(10-24-26)7-13-8-28-9-14(13)12-1-2-15(23-5-12)17(19,20)21/h1-3,5,8-10H,4,6-7,22H2/b11-3+. The maximum absolute atomic E-state index is 12.7. The van der Waals surface area contributed by atoms with Crippen LogP contribution < -0.4 is 11.4 Å². The molecule has 0 bridgehead atoms. The molecule has 11 heteroatoms. The van der Waals surface area contributed by atoms with Gasteiger partial charge in [0.15, 0.2) is 0 Å². The molecule has 0 radical (unpaired) electrons. The number of nitrogens with two attached hydrogens (primary N) is 1. The third kappa shape index (κ3) is 4.20. The van der Waals surface area contributed by atoms with E-state index >= 15 is 0 Å². The normalized spacial score (nSPS) is 12.5. The molecule has 0 aliphatic heterocycles. The molecule has 0 spiro atoms. The Labute approximate surface area is 160 Å². The fourth-order valence-electron chi connectivity index (χ4n) is 2.53. The first-order valence-electron chi connectivity index (χ1n) is 8.02. The van der Waals surface area contributed by atoms with Crippen molar-refractivity contribution in [2.45, 2.75) is 19.3 Å². The van der Waals surface area contributed by atoms with E-state index in [0.29, 0.717) is 17.5 Å². The molecule has 3 rings (SSSR count). The molecule has 0 atom stereocenters. The van der Waals surface area contributed by atoms with E-state index in [4.69, 9.17) is 5.73 Å². The van der Waals surface area contributed by atoms with Crippen LogP contribution in [0.1, 0.15) is 11.3 Å². The summed E-state index contributed by atoms with van der Waals surface area (Å²) in [6, 6.07) is 2.26. The van der Waals surface area contributed by atoms with Crippen LogP contribution in [0.4, 0.5) is 17.6 Å². The van der Waals surface area contributed by atoms with Crippen LogP contribution in [0.2, 0.25) is 0 Å². The molecular formula is C17H15F4N5OS. The minimum Gasteiger partial charge on any atom is -0.327 e. The van der Waals surface area contributed by atoms with E-state index < -0.39 is 17.6 Å². The van der Waals surface area contributed by atoms with Crippen molar-refractivity contribution >= 4 is 11.3 Å². The van der Waals surface area contributed by atoms with Crippen molar-refractivity contribution in [3.8, 4) is 11.1 Å². The predicted molar refractivity (Wildman–Crippen MR) is 96.4 cm³/mol. The first-order valence-corrected chi connectivity index (χ1v) is 8.97. The van der Waals surface area contributed by atoms with Gasteiger partial charge >= 0.3 is 11.9 Å². The number of halogens is 4. The van der Waals surface area contributed by atoms with Crippen LogP contribution in [0, 0.1) is 0 Å². The Balaban J connectivity index is 1.84. The molecule has 3 aromatic rings. The van der Waals surface area contributed by atoms with E-state index in [2.05, 4.69) is 10.1 Å². The van der Waals surface area contributed by atoms with E-state index in [1.807, 2.05) is 0 Å². The van der Waals surface area contributed by atoms with E-state index in [-0.39, 0.29) is 25.2 Å².